The predicted octanol–water partition coefficient (Wildman–Crippen LogP) is 8.01. The number of hydrogen-bond acceptors (Lipinski definition) is 2. The molecule has 3 unspecified atom stereocenters. The van der Waals surface area contributed by atoms with Crippen LogP contribution in [0.25, 0.3) is 0 Å². The average Bonchev–Trinajstić information content (AvgIpc) is 3.05. The number of esters is 1. The molecule has 31 heavy (non-hydrogen) atoms. The van der Waals surface area contributed by atoms with Crippen LogP contribution in [-0.4, -0.2) is 17.5 Å². The Bertz CT molecular complexity index is 647. The van der Waals surface area contributed by atoms with Crippen molar-refractivity contribution in [2.24, 2.45) is 46.3 Å². The van der Waals surface area contributed by atoms with Crippen LogP contribution >= 0.6 is 11.6 Å². The number of carbonyl (C=O) groups is 1. The lowest BCUT2D eigenvalue weighted by molar-refractivity contribution is -0.160. The van der Waals surface area contributed by atoms with Gasteiger partial charge in [-0.05, 0) is 117 Å². The molecule has 4 fully saturated rings. The molecule has 0 saturated heterocycles. The van der Waals surface area contributed by atoms with Crippen LogP contribution in [0, 0.1) is 46.3 Å². The molecule has 0 N–H and O–H groups in total. The molecular weight excluding hydrogens is 404 g/mol. The Morgan fingerprint density at radius 3 is 2.39 bits per heavy atom. The minimum atomic E-state index is -0.0951. The summed E-state index contributed by atoms with van der Waals surface area (Å²) in [5, 5.41) is 0.321. The quantitative estimate of drug-likeness (QED) is 0.302. The van der Waals surface area contributed by atoms with Gasteiger partial charge in [0.05, 0.1) is 0 Å². The normalized spacial score (nSPS) is 46.4. The maximum Gasteiger partial charge on any atom is 0.302 e. The zero-order valence-electron chi connectivity index (χ0n) is 20.8. The van der Waals surface area contributed by atoms with Crippen LogP contribution < -0.4 is 0 Å². The predicted molar refractivity (Wildman–Crippen MR) is 129 cm³/mol. The fourth-order valence-electron chi connectivity index (χ4n) is 9.46. The highest BCUT2D eigenvalue weighted by molar-refractivity contribution is 6.20. The van der Waals surface area contributed by atoms with Gasteiger partial charge in [-0.15, -0.1) is 11.6 Å². The fraction of sp³-hybridized carbons (Fsp3) is 0.964. The van der Waals surface area contributed by atoms with Crippen LogP contribution in [0.5, 0.6) is 0 Å². The monoisotopic (exact) mass is 450 g/mol. The van der Waals surface area contributed by atoms with Gasteiger partial charge in [0.2, 0.25) is 0 Å². The van der Waals surface area contributed by atoms with Crippen molar-refractivity contribution in [3.8, 4) is 0 Å². The standard InChI is InChI=1S/C28H47ClO2/c1-18(7-6-8-19(2)29)24-11-12-25-23-10-9-21-17-22(31-20(3)30)13-15-27(21,4)26(23)14-16-28(24,25)5/h18-19,21-26H,6-17H2,1-5H3/t18-,19?,21?,22+,23+,24-,25+,26?,27+,28-/m1/s1. The number of rotatable bonds is 6. The highest BCUT2D eigenvalue weighted by Gasteiger charge is 2.60. The molecule has 2 nitrogen and oxygen atoms in total. The van der Waals surface area contributed by atoms with E-state index in [-0.39, 0.29) is 12.1 Å². The minimum absolute atomic E-state index is 0.0951. The first-order valence-electron chi connectivity index (χ1n) is 13.5. The van der Waals surface area contributed by atoms with E-state index in [9.17, 15) is 4.79 Å². The van der Waals surface area contributed by atoms with Crippen molar-refractivity contribution >= 4 is 17.6 Å². The summed E-state index contributed by atoms with van der Waals surface area (Å²) in [5.41, 5.74) is 1.03. The molecule has 0 spiro atoms. The second-order valence-electron chi connectivity index (χ2n) is 12.6. The molecule has 0 aromatic rings. The van der Waals surface area contributed by atoms with Gasteiger partial charge in [-0.3, -0.25) is 4.79 Å². The van der Waals surface area contributed by atoms with Gasteiger partial charge < -0.3 is 4.74 Å². The smallest absolute Gasteiger partial charge is 0.302 e. The molecule has 10 atom stereocenters. The molecular formula is C28H47ClO2. The van der Waals surface area contributed by atoms with Crippen molar-refractivity contribution in [3.63, 3.8) is 0 Å². The lowest BCUT2D eigenvalue weighted by atomic mass is 9.44. The molecule has 0 aromatic carbocycles. The third-order valence-electron chi connectivity index (χ3n) is 11.0. The van der Waals surface area contributed by atoms with Gasteiger partial charge in [0.15, 0.2) is 0 Å². The second-order valence-corrected chi connectivity index (χ2v) is 13.3. The van der Waals surface area contributed by atoms with Crippen LogP contribution in [0.3, 0.4) is 0 Å². The SMILES string of the molecule is CC(=O)O[C@H]1CC[C@@]2(C)C(CC[C@@H]3C2CC[C@]2(C)[C@@H]([C@H](C)CCCC(C)Cl)CC[C@@H]32)C1. The summed E-state index contributed by atoms with van der Waals surface area (Å²) in [6, 6.07) is 0. The van der Waals surface area contributed by atoms with Gasteiger partial charge in [0.25, 0.3) is 0 Å². The Kier molecular flexibility index (Phi) is 7.08. The van der Waals surface area contributed by atoms with E-state index in [0.29, 0.717) is 16.2 Å². The highest BCUT2D eigenvalue weighted by atomic mass is 35.5. The van der Waals surface area contributed by atoms with E-state index in [1.807, 2.05) is 0 Å². The highest BCUT2D eigenvalue weighted by Crippen LogP contribution is 2.68. The van der Waals surface area contributed by atoms with Crippen molar-refractivity contribution in [2.45, 2.75) is 123 Å². The molecule has 0 aliphatic heterocycles. The first kappa shape index (κ1) is 23.9. The van der Waals surface area contributed by atoms with Gasteiger partial charge in [0, 0.05) is 12.3 Å². The van der Waals surface area contributed by atoms with Gasteiger partial charge >= 0.3 is 5.97 Å². The molecule has 0 bridgehead atoms. The number of halogens is 1. The van der Waals surface area contributed by atoms with E-state index in [4.69, 9.17) is 16.3 Å². The molecule has 0 aromatic heterocycles. The summed E-state index contributed by atoms with van der Waals surface area (Å²) in [4.78, 5) is 11.5. The van der Waals surface area contributed by atoms with Gasteiger partial charge in [-0.25, -0.2) is 0 Å². The third-order valence-corrected chi connectivity index (χ3v) is 11.2. The summed E-state index contributed by atoms with van der Waals surface area (Å²) < 4.78 is 5.65. The van der Waals surface area contributed by atoms with Crippen molar-refractivity contribution in [3.05, 3.63) is 0 Å². The molecule has 178 valence electrons. The number of ether oxygens (including phenoxy) is 1. The van der Waals surface area contributed by atoms with Crippen molar-refractivity contribution < 1.29 is 9.53 Å². The van der Waals surface area contributed by atoms with Crippen LogP contribution in [-0.2, 0) is 9.53 Å². The molecule has 4 aliphatic carbocycles. The van der Waals surface area contributed by atoms with Crippen LogP contribution in [0.4, 0.5) is 0 Å². The van der Waals surface area contributed by atoms with Crippen molar-refractivity contribution in [2.75, 3.05) is 0 Å². The molecule has 0 radical (unpaired) electrons. The van der Waals surface area contributed by atoms with E-state index in [1.54, 1.807) is 6.92 Å². The Morgan fingerprint density at radius 2 is 1.68 bits per heavy atom. The van der Waals surface area contributed by atoms with Crippen LogP contribution in [0.15, 0.2) is 0 Å². The van der Waals surface area contributed by atoms with Gasteiger partial charge in [0.1, 0.15) is 6.10 Å². The van der Waals surface area contributed by atoms with E-state index in [2.05, 4.69) is 27.7 Å². The van der Waals surface area contributed by atoms with E-state index >= 15 is 0 Å². The molecule has 0 amide bonds. The minimum Gasteiger partial charge on any atom is -0.463 e. The van der Waals surface area contributed by atoms with Crippen molar-refractivity contribution in [1.82, 2.24) is 0 Å². The summed E-state index contributed by atoms with van der Waals surface area (Å²) in [5.74, 6) is 5.18. The second kappa shape index (κ2) is 9.19. The topological polar surface area (TPSA) is 26.3 Å². The van der Waals surface area contributed by atoms with E-state index in [1.165, 1.54) is 57.8 Å². The third kappa shape index (κ3) is 4.45. The number of hydrogen-bond donors (Lipinski definition) is 0. The van der Waals surface area contributed by atoms with Gasteiger partial charge in [-0.2, -0.15) is 0 Å². The van der Waals surface area contributed by atoms with Gasteiger partial charge in [-0.1, -0.05) is 33.6 Å². The molecule has 4 aliphatic rings. The molecule has 3 heteroatoms. The zero-order chi connectivity index (χ0) is 22.4. The molecule has 0 heterocycles. The maximum absolute atomic E-state index is 11.5. The molecule has 4 rings (SSSR count). The number of fused-ring (bicyclic) bond motifs is 5. The first-order chi connectivity index (χ1) is 14.6. The summed E-state index contributed by atoms with van der Waals surface area (Å²) >= 11 is 6.21. The number of alkyl halides is 1. The van der Waals surface area contributed by atoms with Crippen LogP contribution in [0.2, 0.25) is 0 Å². The Morgan fingerprint density at radius 1 is 0.968 bits per heavy atom. The van der Waals surface area contributed by atoms with Crippen molar-refractivity contribution in [1.29, 1.82) is 0 Å². The van der Waals surface area contributed by atoms with E-state index in [0.717, 1.165) is 54.8 Å². The lowest BCUT2D eigenvalue weighted by Crippen LogP contribution is -2.54. The fourth-order valence-corrected chi connectivity index (χ4v) is 9.61. The summed E-state index contributed by atoms with van der Waals surface area (Å²) in [6.07, 6.45) is 16.0. The van der Waals surface area contributed by atoms with Crippen LogP contribution in [0.1, 0.15) is 112 Å². The Labute approximate surface area is 196 Å². The Hall–Kier alpha value is -0.240. The molecule has 4 saturated carbocycles. The average molecular weight is 451 g/mol. The summed E-state index contributed by atoms with van der Waals surface area (Å²) in [7, 11) is 0. The lowest BCUT2D eigenvalue weighted by Gasteiger charge is -2.61. The van der Waals surface area contributed by atoms with E-state index < -0.39 is 0 Å². The Balaban J connectivity index is 1.43. The maximum atomic E-state index is 11.5. The first-order valence-corrected chi connectivity index (χ1v) is 13.9. The summed E-state index contributed by atoms with van der Waals surface area (Å²) in [6.45, 7) is 11.5. The largest absolute Gasteiger partial charge is 0.463 e. The number of carbonyl (C=O) groups excluding carboxylic acids is 1. The zero-order valence-corrected chi connectivity index (χ0v) is 21.6.